The van der Waals surface area contributed by atoms with Gasteiger partial charge >= 0.3 is 0 Å². The topological polar surface area (TPSA) is 91.8 Å². The molecule has 1 aromatic carbocycles. The van der Waals surface area contributed by atoms with Gasteiger partial charge in [-0.1, -0.05) is 13.8 Å². The normalized spacial score (nSPS) is 21.0. The summed E-state index contributed by atoms with van der Waals surface area (Å²) in [6.07, 6.45) is 1.13. The molecule has 1 atom stereocenters. The zero-order valence-electron chi connectivity index (χ0n) is 15.8. The second-order valence-corrected chi connectivity index (χ2v) is 9.91. The third kappa shape index (κ3) is 3.76. The van der Waals surface area contributed by atoms with E-state index in [2.05, 4.69) is 0 Å². The zero-order chi connectivity index (χ0) is 19.9. The molecule has 0 bridgehead atoms. The van der Waals surface area contributed by atoms with Gasteiger partial charge in [-0.3, -0.25) is 19.3 Å². The van der Waals surface area contributed by atoms with Crippen LogP contribution in [-0.2, 0) is 9.84 Å². The van der Waals surface area contributed by atoms with Crippen molar-refractivity contribution < 1.29 is 22.8 Å². The van der Waals surface area contributed by atoms with Crippen molar-refractivity contribution in [3.05, 3.63) is 34.9 Å². The molecule has 0 spiro atoms. The van der Waals surface area contributed by atoms with Gasteiger partial charge in [-0.15, -0.1) is 0 Å². The number of fused-ring (bicyclic) bond motifs is 1. The molecule has 1 aromatic rings. The number of rotatable bonds is 5. The summed E-state index contributed by atoms with van der Waals surface area (Å²) in [5.74, 6) is -0.650. The van der Waals surface area contributed by atoms with Gasteiger partial charge in [0.2, 0.25) is 0 Å². The number of sulfone groups is 1. The summed E-state index contributed by atoms with van der Waals surface area (Å²) in [6.45, 7) is 4.40. The SMILES string of the molecule is CC(C)CCN1C(=O)c2ccc(C(=O)N(C)C3CCS(=O)(=O)C3)cc2C1=O. The van der Waals surface area contributed by atoms with Gasteiger partial charge in [0.1, 0.15) is 0 Å². The van der Waals surface area contributed by atoms with E-state index in [9.17, 15) is 22.8 Å². The Hall–Kier alpha value is -2.22. The highest BCUT2D eigenvalue weighted by Crippen LogP contribution is 2.26. The lowest BCUT2D eigenvalue weighted by Gasteiger charge is -2.23. The Labute approximate surface area is 159 Å². The molecule has 146 valence electrons. The lowest BCUT2D eigenvalue weighted by molar-refractivity contribution is 0.0647. The highest BCUT2D eigenvalue weighted by molar-refractivity contribution is 7.91. The quantitative estimate of drug-likeness (QED) is 0.710. The molecule has 27 heavy (non-hydrogen) atoms. The van der Waals surface area contributed by atoms with E-state index in [4.69, 9.17) is 0 Å². The summed E-state index contributed by atoms with van der Waals surface area (Å²) in [6, 6.07) is 4.12. The molecule has 0 N–H and O–H groups in total. The molecule has 2 heterocycles. The summed E-state index contributed by atoms with van der Waals surface area (Å²) in [5, 5.41) is 0. The second-order valence-electron chi connectivity index (χ2n) is 7.68. The van der Waals surface area contributed by atoms with Crippen molar-refractivity contribution in [3.63, 3.8) is 0 Å². The molecule has 1 unspecified atom stereocenters. The van der Waals surface area contributed by atoms with Crippen LogP contribution in [0.3, 0.4) is 0 Å². The first-order valence-corrected chi connectivity index (χ1v) is 10.9. The minimum Gasteiger partial charge on any atom is -0.338 e. The summed E-state index contributed by atoms with van der Waals surface area (Å²) >= 11 is 0. The Kier molecular flexibility index (Phi) is 5.12. The third-order valence-corrected chi connectivity index (χ3v) is 6.97. The fourth-order valence-corrected chi connectivity index (χ4v) is 5.24. The predicted molar refractivity (Wildman–Crippen MR) is 100 cm³/mol. The van der Waals surface area contributed by atoms with Crippen LogP contribution in [0, 0.1) is 5.92 Å². The Morgan fingerprint density at radius 1 is 1.22 bits per heavy atom. The maximum atomic E-state index is 12.7. The maximum Gasteiger partial charge on any atom is 0.261 e. The van der Waals surface area contributed by atoms with Crippen LogP contribution in [0.1, 0.15) is 57.8 Å². The fraction of sp³-hybridized carbons (Fsp3) is 0.526. The minimum absolute atomic E-state index is 0.0411. The van der Waals surface area contributed by atoms with Crippen molar-refractivity contribution in [3.8, 4) is 0 Å². The van der Waals surface area contributed by atoms with E-state index in [0.717, 1.165) is 6.42 Å². The van der Waals surface area contributed by atoms with Crippen LogP contribution in [0.4, 0.5) is 0 Å². The molecule has 3 rings (SSSR count). The molecular formula is C19H24N2O5S. The number of imide groups is 1. The zero-order valence-corrected chi connectivity index (χ0v) is 16.6. The van der Waals surface area contributed by atoms with E-state index in [-0.39, 0.29) is 46.4 Å². The van der Waals surface area contributed by atoms with E-state index in [0.29, 0.717) is 24.4 Å². The molecule has 7 nitrogen and oxygen atoms in total. The van der Waals surface area contributed by atoms with Crippen molar-refractivity contribution in [1.82, 2.24) is 9.80 Å². The first-order valence-electron chi connectivity index (χ1n) is 9.08. The van der Waals surface area contributed by atoms with Gasteiger partial charge in [-0.05, 0) is 37.0 Å². The van der Waals surface area contributed by atoms with Gasteiger partial charge < -0.3 is 4.90 Å². The van der Waals surface area contributed by atoms with Crippen LogP contribution in [0.2, 0.25) is 0 Å². The van der Waals surface area contributed by atoms with Gasteiger partial charge in [0.25, 0.3) is 17.7 Å². The van der Waals surface area contributed by atoms with Gasteiger partial charge in [0.15, 0.2) is 9.84 Å². The number of carbonyl (C=O) groups is 3. The molecular weight excluding hydrogens is 368 g/mol. The average molecular weight is 392 g/mol. The van der Waals surface area contributed by atoms with E-state index in [1.54, 1.807) is 7.05 Å². The Balaban J connectivity index is 1.80. The molecule has 1 fully saturated rings. The summed E-state index contributed by atoms with van der Waals surface area (Å²) in [7, 11) is -1.53. The summed E-state index contributed by atoms with van der Waals surface area (Å²) in [4.78, 5) is 40.5. The Bertz CT molecular complexity index is 907. The molecule has 3 amide bonds. The van der Waals surface area contributed by atoms with Crippen molar-refractivity contribution in [2.24, 2.45) is 5.92 Å². The minimum atomic E-state index is -3.10. The smallest absolute Gasteiger partial charge is 0.261 e. The number of benzene rings is 1. The number of hydrogen-bond acceptors (Lipinski definition) is 5. The Morgan fingerprint density at radius 2 is 1.89 bits per heavy atom. The lowest BCUT2D eigenvalue weighted by atomic mass is 10.0. The number of nitrogens with zero attached hydrogens (tertiary/aromatic N) is 2. The van der Waals surface area contributed by atoms with Crippen molar-refractivity contribution in [2.45, 2.75) is 32.7 Å². The van der Waals surface area contributed by atoms with Gasteiger partial charge in [-0.2, -0.15) is 0 Å². The highest BCUT2D eigenvalue weighted by Gasteiger charge is 2.37. The molecule has 0 aromatic heterocycles. The molecule has 0 radical (unpaired) electrons. The van der Waals surface area contributed by atoms with E-state index in [1.807, 2.05) is 13.8 Å². The molecule has 2 aliphatic heterocycles. The van der Waals surface area contributed by atoms with E-state index in [1.165, 1.54) is 28.0 Å². The van der Waals surface area contributed by atoms with Crippen LogP contribution >= 0.6 is 0 Å². The second kappa shape index (κ2) is 7.07. The van der Waals surface area contributed by atoms with Crippen molar-refractivity contribution in [2.75, 3.05) is 25.1 Å². The van der Waals surface area contributed by atoms with Crippen LogP contribution < -0.4 is 0 Å². The summed E-state index contributed by atoms with van der Waals surface area (Å²) in [5.41, 5.74) is 0.834. The molecule has 8 heteroatoms. The molecule has 0 saturated carbocycles. The largest absolute Gasteiger partial charge is 0.338 e. The average Bonchev–Trinajstić information content (AvgIpc) is 3.09. The monoisotopic (exact) mass is 392 g/mol. The predicted octanol–water partition coefficient (Wildman–Crippen LogP) is 1.59. The summed E-state index contributed by atoms with van der Waals surface area (Å²) < 4.78 is 23.3. The first kappa shape index (κ1) is 19.5. The molecule has 1 saturated heterocycles. The van der Waals surface area contributed by atoms with Crippen LogP contribution in [0.5, 0.6) is 0 Å². The standard InChI is InChI=1S/C19H24N2O5S/c1-12(2)6-8-21-18(23)15-5-4-13(10-16(15)19(21)24)17(22)20(3)14-7-9-27(25,26)11-14/h4-5,10,12,14H,6-9,11H2,1-3H3. The maximum absolute atomic E-state index is 12.7. The third-order valence-electron chi connectivity index (χ3n) is 5.22. The lowest BCUT2D eigenvalue weighted by Crippen LogP contribution is -2.37. The molecule has 0 aliphatic carbocycles. The molecule has 2 aliphatic rings. The van der Waals surface area contributed by atoms with Crippen LogP contribution in [-0.4, -0.2) is 67.1 Å². The van der Waals surface area contributed by atoms with Gasteiger partial charge in [-0.25, -0.2) is 8.42 Å². The highest BCUT2D eigenvalue weighted by atomic mass is 32.2. The van der Waals surface area contributed by atoms with Crippen molar-refractivity contribution in [1.29, 1.82) is 0 Å². The first-order chi connectivity index (χ1) is 12.6. The fourth-order valence-electron chi connectivity index (χ4n) is 3.46. The number of hydrogen-bond donors (Lipinski definition) is 0. The van der Waals surface area contributed by atoms with Crippen LogP contribution in [0.25, 0.3) is 0 Å². The van der Waals surface area contributed by atoms with Crippen LogP contribution in [0.15, 0.2) is 18.2 Å². The van der Waals surface area contributed by atoms with Crippen molar-refractivity contribution >= 4 is 27.6 Å². The van der Waals surface area contributed by atoms with Gasteiger partial charge in [0, 0.05) is 25.2 Å². The Morgan fingerprint density at radius 3 is 2.48 bits per heavy atom. The van der Waals surface area contributed by atoms with E-state index >= 15 is 0 Å². The van der Waals surface area contributed by atoms with Gasteiger partial charge in [0.05, 0.1) is 22.6 Å². The number of amides is 3. The van der Waals surface area contributed by atoms with E-state index < -0.39 is 9.84 Å². The number of carbonyl (C=O) groups excluding carboxylic acids is 3.